The molecule has 6 heteroatoms. The zero-order valence-electron chi connectivity index (χ0n) is 16.1. The van der Waals surface area contributed by atoms with Gasteiger partial charge in [-0.15, -0.1) is 0 Å². The maximum Gasteiger partial charge on any atom is 0.255 e. The Hall–Kier alpha value is -2.86. The van der Waals surface area contributed by atoms with Gasteiger partial charge in [0.25, 0.3) is 5.91 Å². The van der Waals surface area contributed by atoms with Crippen LogP contribution in [-0.4, -0.2) is 50.1 Å². The molecular weight excluding hydrogens is 356 g/mol. The number of nitrogens with one attached hydrogen (secondary N) is 1. The third-order valence-corrected chi connectivity index (χ3v) is 4.80. The van der Waals surface area contributed by atoms with E-state index >= 15 is 0 Å². The third kappa shape index (κ3) is 5.10. The van der Waals surface area contributed by atoms with Crippen molar-refractivity contribution >= 4 is 11.8 Å². The lowest BCUT2D eigenvalue weighted by atomic mass is 10.1. The minimum absolute atomic E-state index is 0.0795. The molecule has 1 aliphatic heterocycles. The molecule has 148 valence electrons. The van der Waals surface area contributed by atoms with E-state index < -0.39 is 0 Å². The molecule has 2 amide bonds. The standard InChI is InChI=1S/C22H26N2O4/c1-27-19-11-6-5-10-18(19)22(26)23-13-7-12-21(25)24-14-15-28-20(16-24)17-8-3-2-4-9-17/h2-6,8-11,20H,7,12-16H2,1H3,(H,23,26). The van der Waals surface area contributed by atoms with Crippen LogP contribution >= 0.6 is 0 Å². The van der Waals surface area contributed by atoms with E-state index in [2.05, 4.69) is 5.32 Å². The molecule has 2 aromatic carbocycles. The summed E-state index contributed by atoms with van der Waals surface area (Å²) >= 11 is 0. The van der Waals surface area contributed by atoms with Gasteiger partial charge in [0.1, 0.15) is 11.9 Å². The summed E-state index contributed by atoms with van der Waals surface area (Å²) in [7, 11) is 1.54. The van der Waals surface area contributed by atoms with E-state index in [4.69, 9.17) is 9.47 Å². The first-order chi connectivity index (χ1) is 13.7. The number of rotatable bonds is 7. The molecule has 3 rings (SSSR count). The van der Waals surface area contributed by atoms with Gasteiger partial charge in [0.15, 0.2) is 0 Å². The number of hydrogen-bond donors (Lipinski definition) is 1. The van der Waals surface area contributed by atoms with Crippen LogP contribution in [0.15, 0.2) is 54.6 Å². The van der Waals surface area contributed by atoms with Crippen molar-refractivity contribution in [3.63, 3.8) is 0 Å². The van der Waals surface area contributed by atoms with Crippen molar-refractivity contribution in [3.05, 3.63) is 65.7 Å². The highest BCUT2D eigenvalue weighted by Gasteiger charge is 2.24. The Balaban J connectivity index is 1.43. The summed E-state index contributed by atoms with van der Waals surface area (Å²) in [6.07, 6.45) is 0.907. The van der Waals surface area contributed by atoms with Crippen molar-refractivity contribution in [1.82, 2.24) is 10.2 Å². The smallest absolute Gasteiger partial charge is 0.255 e. The molecule has 1 N–H and O–H groups in total. The van der Waals surface area contributed by atoms with Crippen LogP contribution < -0.4 is 10.1 Å². The number of morpholine rings is 1. The largest absolute Gasteiger partial charge is 0.496 e. The zero-order chi connectivity index (χ0) is 19.8. The lowest BCUT2D eigenvalue weighted by Gasteiger charge is -2.33. The van der Waals surface area contributed by atoms with Gasteiger partial charge >= 0.3 is 0 Å². The molecule has 0 aliphatic carbocycles. The van der Waals surface area contributed by atoms with Crippen molar-refractivity contribution in [2.75, 3.05) is 33.4 Å². The van der Waals surface area contributed by atoms with Gasteiger partial charge < -0.3 is 19.7 Å². The predicted octanol–water partition coefficient (Wildman–Crippen LogP) is 2.81. The number of nitrogens with zero attached hydrogens (tertiary/aromatic N) is 1. The van der Waals surface area contributed by atoms with E-state index in [0.29, 0.717) is 50.4 Å². The van der Waals surface area contributed by atoms with Gasteiger partial charge in [0.2, 0.25) is 5.91 Å². The van der Waals surface area contributed by atoms with Gasteiger partial charge in [-0.25, -0.2) is 0 Å². The molecular formula is C22H26N2O4. The summed E-state index contributed by atoms with van der Waals surface area (Å²) in [5, 5.41) is 2.85. The number of para-hydroxylation sites is 1. The third-order valence-electron chi connectivity index (χ3n) is 4.80. The van der Waals surface area contributed by atoms with Crippen LogP contribution in [0.4, 0.5) is 0 Å². The molecule has 1 saturated heterocycles. The minimum atomic E-state index is -0.194. The Labute approximate surface area is 165 Å². The fourth-order valence-corrected chi connectivity index (χ4v) is 3.27. The molecule has 0 spiro atoms. The molecule has 2 aromatic rings. The van der Waals surface area contributed by atoms with Gasteiger partial charge in [-0.1, -0.05) is 42.5 Å². The molecule has 1 unspecified atom stereocenters. The van der Waals surface area contributed by atoms with Crippen molar-refractivity contribution in [2.24, 2.45) is 0 Å². The first-order valence-electron chi connectivity index (χ1n) is 9.54. The van der Waals surface area contributed by atoms with Gasteiger partial charge in [0.05, 0.1) is 25.8 Å². The summed E-state index contributed by atoms with van der Waals surface area (Å²) in [6, 6.07) is 17.0. The number of methoxy groups -OCH3 is 1. The zero-order valence-corrected chi connectivity index (χ0v) is 16.1. The summed E-state index contributed by atoms with van der Waals surface area (Å²) in [4.78, 5) is 26.6. The van der Waals surface area contributed by atoms with Gasteiger partial charge in [0, 0.05) is 19.5 Å². The Morgan fingerprint density at radius 1 is 1.14 bits per heavy atom. The lowest BCUT2D eigenvalue weighted by molar-refractivity contribution is -0.139. The molecule has 0 saturated carbocycles. The van der Waals surface area contributed by atoms with Crippen LogP contribution in [0.2, 0.25) is 0 Å². The highest BCUT2D eigenvalue weighted by molar-refractivity contribution is 5.96. The van der Waals surface area contributed by atoms with Crippen molar-refractivity contribution in [1.29, 1.82) is 0 Å². The second kappa shape index (κ2) is 9.90. The van der Waals surface area contributed by atoms with E-state index in [-0.39, 0.29) is 17.9 Å². The summed E-state index contributed by atoms with van der Waals surface area (Å²) in [5.41, 5.74) is 1.58. The normalized spacial score (nSPS) is 16.5. The molecule has 28 heavy (non-hydrogen) atoms. The van der Waals surface area contributed by atoms with Crippen molar-refractivity contribution in [2.45, 2.75) is 18.9 Å². The SMILES string of the molecule is COc1ccccc1C(=O)NCCCC(=O)N1CCOC(c2ccccc2)C1. The second-order valence-electron chi connectivity index (χ2n) is 6.67. The molecule has 1 fully saturated rings. The monoisotopic (exact) mass is 382 g/mol. The summed E-state index contributed by atoms with van der Waals surface area (Å²) in [6.45, 7) is 2.15. The maximum absolute atomic E-state index is 12.5. The molecule has 0 aromatic heterocycles. The van der Waals surface area contributed by atoms with Crippen LogP contribution in [0.25, 0.3) is 0 Å². The number of carbonyl (C=O) groups excluding carboxylic acids is 2. The van der Waals surface area contributed by atoms with Crippen LogP contribution in [-0.2, 0) is 9.53 Å². The molecule has 1 heterocycles. The van der Waals surface area contributed by atoms with Crippen LogP contribution in [0.1, 0.15) is 34.9 Å². The lowest BCUT2D eigenvalue weighted by Crippen LogP contribution is -2.42. The molecule has 1 aliphatic rings. The minimum Gasteiger partial charge on any atom is -0.496 e. The Morgan fingerprint density at radius 3 is 2.68 bits per heavy atom. The Kier molecular flexibility index (Phi) is 7.03. The highest BCUT2D eigenvalue weighted by atomic mass is 16.5. The van der Waals surface area contributed by atoms with Gasteiger partial charge in [-0.2, -0.15) is 0 Å². The number of benzene rings is 2. The van der Waals surface area contributed by atoms with Gasteiger partial charge in [-0.3, -0.25) is 9.59 Å². The molecule has 0 radical (unpaired) electrons. The second-order valence-corrected chi connectivity index (χ2v) is 6.67. The quantitative estimate of drug-likeness (QED) is 0.748. The first kappa shape index (κ1) is 19.9. The van der Waals surface area contributed by atoms with Crippen molar-refractivity contribution < 1.29 is 19.1 Å². The average molecular weight is 382 g/mol. The van der Waals surface area contributed by atoms with E-state index in [1.165, 1.54) is 7.11 Å². The molecule has 1 atom stereocenters. The molecule has 0 bridgehead atoms. The van der Waals surface area contributed by atoms with Crippen LogP contribution in [0, 0.1) is 0 Å². The van der Waals surface area contributed by atoms with E-state index in [0.717, 1.165) is 5.56 Å². The number of carbonyl (C=O) groups is 2. The van der Waals surface area contributed by atoms with E-state index in [9.17, 15) is 9.59 Å². The van der Waals surface area contributed by atoms with Gasteiger partial charge in [-0.05, 0) is 24.1 Å². The van der Waals surface area contributed by atoms with Crippen LogP contribution in [0.5, 0.6) is 5.75 Å². The first-order valence-corrected chi connectivity index (χ1v) is 9.54. The number of hydrogen-bond acceptors (Lipinski definition) is 4. The number of ether oxygens (including phenoxy) is 2. The fraction of sp³-hybridized carbons (Fsp3) is 0.364. The molecule has 6 nitrogen and oxygen atoms in total. The topological polar surface area (TPSA) is 67.9 Å². The number of amides is 2. The fourth-order valence-electron chi connectivity index (χ4n) is 3.27. The summed E-state index contributed by atoms with van der Waals surface area (Å²) < 4.78 is 11.0. The van der Waals surface area contributed by atoms with Crippen LogP contribution in [0.3, 0.4) is 0 Å². The maximum atomic E-state index is 12.5. The predicted molar refractivity (Wildman–Crippen MR) is 106 cm³/mol. The summed E-state index contributed by atoms with van der Waals surface area (Å²) in [5.74, 6) is 0.438. The van der Waals surface area contributed by atoms with Crippen molar-refractivity contribution in [3.8, 4) is 5.75 Å². The highest BCUT2D eigenvalue weighted by Crippen LogP contribution is 2.22. The Bertz CT molecular complexity index is 794. The average Bonchev–Trinajstić information content (AvgIpc) is 2.77. The van der Waals surface area contributed by atoms with E-state index in [1.807, 2.05) is 41.3 Å². The van der Waals surface area contributed by atoms with E-state index in [1.54, 1.807) is 18.2 Å². The Morgan fingerprint density at radius 2 is 1.89 bits per heavy atom.